The molecule has 0 unspecified atom stereocenters. The van der Waals surface area contributed by atoms with Gasteiger partial charge in [-0.1, -0.05) is 19.9 Å². The fourth-order valence-corrected chi connectivity index (χ4v) is 2.00. The van der Waals surface area contributed by atoms with Crippen LogP contribution in [0, 0.1) is 5.92 Å². The summed E-state index contributed by atoms with van der Waals surface area (Å²) in [6.45, 7) is 6.43. The van der Waals surface area contributed by atoms with Crippen molar-refractivity contribution < 1.29 is 14.3 Å². The molecule has 1 rings (SSSR count). The van der Waals surface area contributed by atoms with E-state index in [4.69, 9.17) is 9.47 Å². The van der Waals surface area contributed by atoms with Gasteiger partial charge in [-0.2, -0.15) is 0 Å². The number of methoxy groups -OCH3 is 2. The monoisotopic (exact) mass is 308 g/mol. The first kappa shape index (κ1) is 18.3. The fraction of sp³-hybridized carbons (Fsp3) is 0.588. The van der Waals surface area contributed by atoms with Gasteiger partial charge in [0.1, 0.15) is 0 Å². The van der Waals surface area contributed by atoms with Crippen molar-refractivity contribution in [2.75, 3.05) is 33.9 Å². The smallest absolute Gasteiger partial charge is 0.221 e. The molecule has 1 aromatic rings. The van der Waals surface area contributed by atoms with Crippen molar-refractivity contribution in [1.29, 1.82) is 0 Å². The number of hydrogen-bond acceptors (Lipinski definition) is 4. The third kappa shape index (κ3) is 6.80. The minimum atomic E-state index is 0.104. The summed E-state index contributed by atoms with van der Waals surface area (Å²) in [4.78, 5) is 11.6. The highest BCUT2D eigenvalue weighted by atomic mass is 16.5. The van der Waals surface area contributed by atoms with Gasteiger partial charge in [0.15, 0.2) is 11.5 Å². The number of hydrogen-bond donors (Lipinski definition) is 2. The van der Waals surface area contributed by atoms with Crippen LogP contribution in [-0.2, 0) is 11.2 Å². The molecule has 0 fully saturated rings. The van der Waals surface area contributed by atoms with Gasteiger partial charge < -0.3 is 20.1 Å². The molecule has 124 valence electrons. The predicted molar refractivity (Wildman–Crippen MR) is 88.6 cm³/mol. The van der Waals surface area contributed by atoms with E-state index in [0.29, 0.717) is 18.9 Å². The molecule has 0 aromatic heterocycles. The topological polar surface area (TPSA) is 59.6 Å². The SMILES string of the molecule is COc1ccc(CCNCCC(=O)NCC(C)C)cc1OC. The molecule has 0 radical (unpaired) electrons. The number of carbonyl (C=O) groups excluding carboxylic acids is 1. The van der Waals surface area contributed by atoms with Crippen molar-refractivity contribution in [3.05, 3.63) is 23.8 Å². The highest BCUT2D eigenvalue weighted by Gasteiger charge is 2.05. The summed E-state index contributed by atoms with van der Waals surface area (Å²) in [5, 5.41) is 6.19. The molecule has 1 amide bonds. The molecule has 1 aromatic carbocycles. The zero-order valence-corrected chi connectivity index (χ0v) is 14.1. The van der Waals surface area contributed by atoms with Crippen LogP contribution in [0.15, 0.2) is 18.2 Å². The average molecular weight is 308 g/mol. The van der Waals surface area contributed by atoms with E-state index in [1.807, 2.05) is 18.2 Å². The number of ether oxygens (including phenoxy) is 2. The highest BCUT2D eigenvalue weighted by Crippen LogP contribution is 2.27. The second-order valence-corrected chi connectivity index (χ2v) is 5.64. The lowest BCUT2D eigenvalue weighted by Crippen LogP contribution is -2.30. The Morgan fingerprint density at radius 3 is 2.50 bits per heavy atom. The third-order valence-electron chi connectivity index (χ3n) is 3.27. The first-order chi connectivity index (χ1) is 10.6. The van der Waals surface area contributed by atoms with Crippen LogP contribution in [-0.4, -0.2) is 39.8 Å². The van der Waals surface area contributed by atoms with Gasteiger partial charge in [0.05, 0.1) is 14.2 Å². The van der Waals surface area contributed by atoms with E-state index in [1.54, 1.807) is 14.2 Å². The number of amides is 1. The number of nitrogens with one attached hydrogen (secondary N) is 2. The second-order valence-electron chi connectivity index (χ2n) is 5.64. The van der Waals surface area contributed by atoms with Crippen LogP contribution in [0.4, 0.5) is 0 Å². The Morgan fingerprint density at radius 2 is 1.86 bits per heavy atom. The second kappa shape index (κ2) is 10.1. The highest BCUT2D eigenvalue weighted by molar-refractivity contribution is 5.76. The Hall–Kier alpha value is -1.75. The van der Waals surface area contributed by atoms with Gasteiger partial charge in [0.25, 0.3) is 0 Å². The minimum Gasteiger partial charge on any atom is -0.493 e. The molecule has 2 N–H and O–H groups in total. The summed E-state index contributed by atoms with van der Waals surface area (Å²) >= 11 is 0. The van der Waals surface area contributed by atoms with Crippen LogP contribution in [0.1, 0.15) is 25.8 Å². The molecule has 0 spiro atoms. The van der Waals surface area contributed by atoms with E-state index >= 15 is 0 Å². The molecular formula is C17H28N2O3. The van der Waals surface area contributed by atoms with Crippen molar-refractivity contribution in [2.45, 2.75) is 26.7 Å². The molecule has 0 aliphatic heterocycles. The average Bonchev–Trinajstić information content (AvgIpc) is 2.52. The third-order valence-corrected chi connectivity index (χ3v) is 3.27. The van der Waals surface area contributed by atoms with Crippen LogP contribution in [0.3, 0.4) is 0 Å². The molecular weight excluding hydrogens is 280 g/mol. The Bertz CT molecular complexity index is 461. The van der Waals surface area contributed by atoms with Crippen molar-refractivity contribution in [3.8, 4) is 11.5 Å². The zero-order valence-electron chi connectivity index (χ0n) is 14.1. The summed E-state index contributed by atoms with van der Waals surface area (Å²) in [7, 11) is 3.26. The molecule has 0 heterocycles. The largest absolute Gasteiger partial charge is 0.493 e. The summed E-state index contributed by atoms with van der Waals surface area (Å²) in [6, 6.07) is 5.92. The van der Waals surface area contributed by atoms with Gasteiger partial charge in [-0.05, 0) is 36.6 Å². The van der Waals surface area contributed by atoms with Crippen LogP contribution in [0.5, 0.6) is 11.5 Å². The summed E-state index contributed by atoms with van der Waals surface area (Å²) in [6.07, 6.45) is 1.40. The maximum absolute atomic E-state index is 11.6. The molecule has 22 heavy (non-hydrogen) atoms. The standard InChI is InChI=1S/C17H28N2O3/c1-13(2)12-19-17(20)8-10-18-9-7-14-5-6-15(21-3)16(11-14)22-4/h5-6,11,13,18H,7-10,12H2,1-4H3,(H,19,20). The van der Waals surface area contributed by atoms with E-state index in [0.717, 1.165) is 31.0 Å². The molecule has 0 aliphatic carbocycles. The van der Waals surface area contributed by atoms with E-state index in [9.17, 15) is 4.79 Å². The number of rotatable bonds is 10. The molecule has 0 atom stereocenters. The fourth-order valence-electron chi connectivity index (χ4n) is 2.00. The normalized spacial score (nSPS) is 10.6. The Morgan fingerprint density at radius 1 is 1.14 bits per heavy atom. The van der Waals surface area contributed by atoms with Gasteiger partial charge in [0, 0.05) is 19.5 Å². The lowest BCUT2D eigenvalue weighted by Gasteiger charge is -2.10. The Kier molecular flexibility index (Phi) is 8.36. The lowest BCUT2D eigenvalue weighted by atomic mass is 10.1. The minimum absolute atomic E-state index is 0.104. The van der Waals surface area contributed by atoms with Gasteiger partial charge in [0.2, 0.25) is 5.91 Å². The number of carbonyl (C=O) groups is 1. The summed E-state index contributed by atoms with van der Waals surface area (Å²) < 4.78 is 10.5. The molecule has 0 saturated carbocycles. The van der Waals surface area contributed by atoms with Crippen LogP contribution in [0.25, 0.3) is 0 Å². The van der Waals surface area contributed by atoms with E-state index < -0.39 is 0 Å². The quantitative estimate of drug-likeness (QED) is 0.649. The van der Waals surface area contributed by atoms with Crippen molar-refractivity contribution >= 4 is 5.91 Å². The van der Waals surface area contributed by atoms with Gasteiger partial charge >= 0.3 is 0 Å². The molecule has 0 saturated heterocycles. The molecule has 0 bridgehead atoms. The van der Waals surface area contributed by atoms with E-state index in [1.165, 1.54) is 5.56 Å². The molecule has 5 nitrogen and oxygen atoms in total. The van der Waals surface area contributed by atoms with E-state index in [-0.39, 0.29) is 5.91 Å². The maximum atomic E-state index is 11.6. The van der Waals surface area contributed by atoms with Crippen molar-refractivity contribution in [3.63, 3.8) is 0 Å². The first-order valence-electron chi connectivity index (χ1n) is 7.75. The zero-order chi connectivity index (χ0) is 16.4. The van der Waals surface area contributed by atoms with Gasteiger partial charge in [-0.3, -0.25) is 4.79 Å². The lowest BCUT2D eigenvalue weighted by molar-refractivity contribution is -0.121. The molecule has 5 heteroatoms. The van der Waals surface area contributed by atoms with Crippen LogP contribution in [0.2, 0.25) is 0 Å². The first-order valence-corrected chi connectivity index (χ1v) is 7.75. The van der Waals surface area contributed by atoms with Crippen LogP contribution < -0.4 is 20.1 Å². The Balaban J connectivity index is 2.23. The Labute approximate surface area is 133 Å². The number of benzene rings is 1. The van der Waals surface area contributed by atoms with Gasteiger partial charge in [-0.25, -0.2) is 0 Å². The maximum Gasteiger partial charge on any atom is 0.221 e. The predicted octanol–water partition coefficient (Wildman–Crippen LogP) is 2.00. The van der Waals surface area contributed by atoms with Gasteiger partial charge in [-0.15, -0.1) is 0 Å². The summed E-state index contributed by atoms with van der Waals surface area (Å²) in [5.74, 6) is 2.07. The van der Waals surface area contributed by atoms with Crippen molar-refractivity contribution in [1.82, 2.24) is 10.6 Å². The van der Waals surface area contributed by atoms with Crippen LogP contribution >= 0.6 is 0 Å². The summed E-state index contributed by atoms with van der Waals surface area (Å²) in [5.41, 5.74) is 1.18. The van der Waals surface area contributed by atoms with Crippen molar-refractivity contribution in [2.24, 2.45) is 5.92 Å². The molecule has 0 aliphatic rings. The van der Waals surface area contributed by atoms with E-state index in [2.05, 4.69) is 24.5 Å².